The lowest BCUT2D eigenvalue weighted by atomic mass is 9.82. The Kier molecular flexibility index (Phi) is 8.17. The van der Waals surface area contributed by atoms with Crippen molar-refractivity contribution in [1.82, 2.24) is 14.9 Å². The molecule has 2 N–H and O–H groups in total. The number of carbonyl (C=O) groups excluding carboxylic acids is 1. The molecule has 0 unspecified atom stereocenters. The lowest BCUT2D eigenvalue weighted by molar-refractivity contribution is -0.138. The number of amides is 1. The molecule has 0 radical (unpaired) electrons. The minimum Gasteiger partial charge on any atom is -0.494 e. The standard InChI is InChI=1S/C33H35F3N6O3/c1-32(2)29-21(6-4-8-27(29)38-30(32)43)9-11-25-24(33(34,35)36)19-37-31(39-25)40-26-12-10-22(18-28(26)44-3)42-15-13-41(14-16-42)20-23-7-5-17-45-23/h4-8,10,12,17-19H,9,11,13-16,20H2,1-3H3,(H,38,43)(H,37,39,40). The molecule has 6 rings (SSSR count). The number of hydrogen-bond acceptors (Lipinski definition) is 8. The molecule has 0 bridgehead atoms. The van der Waals surface area contributed by atoms with Crippen molar-refractivity contribution in [2.75, 3.05) is 48.8 Å². The van der Waals surface area contributed by atoms with Gasteiger partial charge in [-0.05, 0) is 68.1 Å². The highest BCUT2D eigenvalue weighted by atomic mass is 19.4. The third kappa shape index (κ3) is 6.32. The predicted molar refractivity (Wildman–Crippen MR) is 165 cm³/mol. The van der Waals surface area contributed by atoms with E-state index in [1.807, 2.05) is 50.2 Å². The number of methoxy groups -OCH3 is 1. The number of ether oxygens (including phenoxy) is 1. The van der Waals surface area contributed by atoms with Gasteiger partial charge in [0.15, 0.2) is 0 Å². The largest absolute Gasteiger partial charge is 0.494 e. The zero-order chi connectivity index (χ0) is 31.8. The number of nitrogens with zero attached hydrogens (tertiary/aromatic N) is 4. The summed E-state index contributed by atoms with van der Waals surface area (Å²) in [4.78, 5) is 25.4. The summed E-state index contributed by atoms with van der Waals surface area (Å²) in [7, 11) is 1.55. The Morgan fingerprint density at radius 2 is 1.87 bits per heavy atom. The SMILES string of the molecule is COc1cc(N2CCN(Cc3ccco3)CC2)ccc1Nc1ncc(C(F)(F)F)c(CCc2cccc3c2C(C)(C)C(=O)N3)n1. The molecule has 2 aromatic heterocycles. The van der Waals surface area contributed by atoms with Crippen LogP contribution in [0.4, 0.5) is 36.2 Å². The number of aryl methyl sites for hydroxylation is 2. The van der Waals surface area contributed by atoms with Gasteiger partial charge in [0.2, 0.25) is 11.9 Å². The summed E-state index contributed by atoms with van der Waals surface area (Å²) in [5, 5.41) is 5.93. The monoisotopic (exact) mass is 620 g/mol. The molecule has 2 aliphatic rings. The van der Waals surface area contributed by atoms with E-state index >= 15 is 0 Å². The van der Waals surface area contributed by atoms with E-state index in [-0.39, 0.29) is 30.4 Å². The van der Waals surface area contributed by atoms with Gasteiger partial charge in [-0.2, -0.15) is 13.2 Å². The van der Waals surface area contributed by atoms with Crippen molar-refractivity contribution >= 4 is 28.9 Å². The van der Waals surface area contributed by atoms with Crippen LogP contribution in [0.1, 0.15) is 42.0 Å². The molecule has 0 spiro atoms. The first kappa shape index (κ1) is 30.4. The van der Waals surface area contributed by atoms with Crippen LogP contribution in [0.25, 0.3) is 0 Å². The van der Waals surface area contributed by atoms with Gasteiger partial charge in [0, 0.05) is 49.8 Å². The van der Waals surface area contributed by atoms with E-state index in [0.29, 0.717) is 17.1 Å². The van der Waals surface area contributed by atoms with Gasteiger partial charge in [-0.1, -0.05) is 12.1 Å². The van der Waals surface area contributed by atoms with E-state index in [1.54, 1.807) is 25.5 Å². The van der Waals surface area contributed by atoms with E-state index in [2.05, 4.69) is 30.4 Å². The smallest absolute Gasteiger partial charge is 0.419 e. The van der Waals surface area contributed by atoms with Gasteiger partial charge in [0.25, 0.3) is 0 Å². The Morgan fingerprint density at radius 1 is 1.07 bits per heavy atom. The Bertz CT molecular complexity index is 1680. The fourth-order valence-electron chi connectivity index (χ4n) is 6.09. The van der Waals surface area contributed by atoms with E-state index in [4.69, 9.17) is 9.15 Å². The fraction of sp³-hybridized carbons (Fsp3) is 0.364. The van der Waals surface area contributed by atoms with Crippen molar-refractivity contribution in [3.05, 3.63) is 89.1 Å². The number of aromatic nitrogens is 2. The number of carbonyl (C=O) groups is 1. The Labute approximate surface area is 259 Å². The zero-order valence-electron chi connectivity index (χ0n) is 25.4. The van der Waals surface area contributed by atoms with Crippen molar-refractivity contribution in [2.45, 2.75) is 44.8 Å². The van der Waals surface area contributed by atoms with Crippen LogP contribution in [-0.4, -0.2) is 54.1 Å². The zero-order valence-corrected chi connectivity index (χ0v) is 25.4. The van der Waals surface area contributed by atoms with Crippen molar-refractivity contribution in [1.29, 1.82) is 0 Å². The molecular formula is C33H35F3N6O3. The molecule has 1 fully saturated rings. The highest BCUT2D eigenvalue weighted by Crippen LogP contribution is 2.40. The lowest BCUT2D eigenvalue weighted by Crippen LogP contribution is -2.45. The summed E-state index contributed by atoms with van der Waals surface area (Å²) < 4.78 is 53.1. The average Bonchev–Trinajstić information content (AvgIpc) is 3.61. The van der Waals surface area contributed by atoms with Crippen LogP contribution in [-0.2, 0) is 35.8 Å². The Balaban J connectivity index is 1.18. The van der Waals surface area contributed by atoms with Crippen molar-refractivity contribution in [3.8, 4) is 5.75 Å². The number of halogens is 3. The summed E-state index contributed by atoms with van der Waals surface area (Å²) in [6.07, 6.45) is -1.84. The van der Waals surface area contributed by atoms with Crippen LogP contribution in [0.2, 0.25) is 0 Å². The van der Waals surface area contributed by atoms with Gasteiger partial charge >= 0.3 is 6.18 Å². The second-order valence-corrected chi connectivity index (χ2v) is 11.8. The molecule has 12 heteroatoms. The normalized spacial score (nSPS) is 16.4. The molecule has 9 nitrogen and oxygen atoms in total. The number of piperazine rings is 1. The summed E-state index contributed by atoms with van der Waals surface area (Å²) in [5.41, 5.74) is 2.02. The maximum Gasteiger partial charge on any atom is 0.419 e. The number of fused-ring (bicyclic) bond motifs is 1. The number of nitrogens with one attached hydrogen (secondary N) is 2. The maximum absolute atomic E-state index is 14.0. The van der Waals surface area contributed by atoms with Crippen molar-refractivity contribution in [2.24, 2.45) is 0 Å². The van der Waals surface area contributed by atoms with Crippen LogP contribution >= 0.6 is 0 Å². The molecule has 4 heterocycles. The van der Waals surface area contributed by atoms with E-state index in [0.717, 1.165) is 61.5 Å². The molecule has 0 saturated carbocycles. The van der Waals surface area contributed by atoms with Gasteiger partial charge in [0.1, 0.15) is 11.5 Å². The summed E-state index contributed by atoms with van der Waals surface area (Å²) in [6.45, 7) is 7.80. The van der Waals surface area contributed by atoms with Gasteiger partial charge in [-0.25, -0.2) is 9.97 Å². The molecule has 45 heavy (non-hydrogen) atoms. The Hall–Kier alpha value is -4.58. The molecule has 0 atom stereocenters. The number of alkyl halides is 3. The molecule has 0 aliphatic carbocycles. The quantitative estimate of drug-likeness (QED) is 0.229. The third-order valence-corrected chi connectivity index (χ3v) is 8.52. The number of benzene rings is 2. The van der Waals surface area contributed by atoms with Crippen LogP contribution in [0.3, 0.4) is 0 Å². The van der Waals surface area contributed by atoms with E-state index < -0.39 is 17.2 Å². The maximum atomic E-state index is 14.0. The lowest BCUT2D eigenvalue weighted by Gasteiger charge is -2.36. The van der Waals surface area contributed by atoms with E-state index in [1.165, 1.54) is 0 Å². The molecule has 1 saturated heterocycles. The summed E-state index contributed by atoms with van der Waals surface area (Å²) >= 11 is 0. The highest BCUT2D eigenvalue weighted by Gasteiger charge is 2.40. The number of rotatable bonds is 9. The number of anilines is 4. The molecular weight excluding hydrogens is 585 g/mol. The molecule has 1 amide bonds. The van der Waals surface area contributed by atoms with Crippen molar-refractivity contribution in [3.63, 3.8) is 0 Å². The fourth-order valence-corrected chi connectivity index (χ4v) is 6.09. The molecule has 2 aromatic carbocycles. The Morgan fingerprint density at radius 3 is 2.58 bits per heavy atom. The second-order valence-electron chi connectivity index (χ2n) is 11.8. The van der Waals surface area contributed by atoms with E-state index in [9.17, 15) is 18.0 Å². The summed E-state index contributed by atoms with van der Waals surface area (Å²) in [6, 6.07) is 15.0. The molecule has 4 aromatic rings. The van der Waals surface area contributed by atoms with Crippen molar-refractivity contribution < 1.29 is 27.1 Å². The minimum atomic E-state index is -4.62. The highest BCUT2D eigenvalue weighted by molar-refractivity contribution is 6.06. The average molecular weight is 621 g/mol. The summed E-state index contributed by atoms with van der Waals surface area (Å²) in [5.74, 6) is 1.36. The number of furan rings is 1. The first-order valence-corrected chi connectivity index (χ1v) is 14.8. The van der Waals surface area contributed by atoms with Crippen LogP contribution in [0.5, 0.6) is 5.75 Å². The minimum absolute atomic E-state index is 0.00867. The van der Waals surface area contributed by atoms with Crippen LogP contribution < -0.4 is 20.3 Å². The predicted octanol–water partition coefficient (Wildman–Crippen LogP) is 6.18. The third-order valence-electron chi connectivity index (χ3n) is 8.52. The molecule has 236 valence electrons. The number of hydrogen-bond donors (Lipinski definition) is 2. The second kappa shape index (κ2) is 12.1. The van der Waals surface area contributed by atoms with Crippen LogP contribution in [0.15, 0.2) is 65.4 Å². The van der Waals surface area contributed by atoms with Gasteiger partial charge in [-0.3, -0.25) is 9.69 Å². The topological polar surface area (TPSA) is 95.8 Å². The first-order chi connectivity index (χ1) is 21.5. The first-order valence-electron chi connectivity index (χ1n) is 14.8. The van der Waals surface area contributed by atoms with Crippen LogP contribution in [0, 0.1) is 0 Å². The van der Waals surface area contributed by atoms with Gasteiger partial charge < -0.3 is 24.7 Å². The molecule has 2 aliphatic heterocycles. The van der Waals surface area contributed by atoms with Gasteiger partial charge in [0.05, 0.1) is 42.3 Å². The van der Waals surface area contributed by atoms with Gasteiger partial charge in [-0.15, -0.1) is 0 Å².